The zero-order chi connectivity index (χ0) is 8.69. The van der Waals surface area contributed by atoms with E-state index in [1.165, 1.54) is 32.2 Å². The summed E-state index contributed by atoms with van der Waals surface area (Å²) in [6, 6.07) is 0. The molecule has 11 heavy (non-hydrogen) atoms. The Morgan fingerprint density at radius 1 is 1.09 bits per heavy atom. The van der Waals surface area contributed by atoms with Crippen LogP contribution in [0.4, 0.5) is 0 Å². The highest BCUT2D eigenvalue weighted by Gasteiger charge is 2.04. The highest BCUT2D eigenvalue weighted by molar-refractivity contribution is 4.58. The first-order chi connectivity index (χ1) is 5.20. The Balaban J connectivity index is 3.35. The summed E-state index contributed by atoms with van der Waals surface area (Å²) in [6.45, 7) is 5.83. The van der Waals surface area contributed by atoms with Crippen LogP contribution in [0.25, 0.3) is 0 Å². The van der Waals surface area contributed by atoms with Gasteiger partial charge in [-0.1, -0.05) is 33.1 Å². The van der Waals surface area contributed by atoms with Crippen LogP contribution < -0.4 is 0 Å². The maximum absolute atomic E-state index is 2.30. The van der Waals surface area contributed by atoms with Crippen LogP contribution in [0.3, 0.4) is 0 Å². The van der Waals surface area contributed by atoms with Gasteiger partial charge in [-0.2, -0.15) is 0 Å². The topological polar surface area (TPSA) is 3.24 Å². The van der Waals surface area contributed by atoms with Gasteiger partial charge in [0.1, 0.15) is 0 Å². The molecule has 1 nitrogen and oxygen atoms in total. The molecule has 0 aliphatic heterocycles. The molecule has 1 atom stereocenters. The summed E-state index contributed by atoms with van der Waals surface area (Å²) in [5, 5.41) is 0. The van der Waals surface area contributed by atoms with Gasteiger partial charge in [-0.15, -0.1) is 0 Å². The summed E-state index contributed by atoms with van der Waals surface area (Å²) in [4.78, 5) is 2.28. The van der Waals surface area contributed by atoms with Crippen molar-refractivity contribution in [3.63, 3.8) is 0 Å². The molecule has 0 saturated heterocycles. The van der Waals surface area contributed by atoms with Crippen LogP contribution in [0.15, 0.2) is 0 Å². The summed E-state index contributed by atoms with van der Waals surface area (Å²) in [5.74, 6) is 0.961. The highest BCUT2D eigenvalue weighted by atomic mass is 15.0. The van der Waals surface area contributed by atoms with Crippen LogP contribution in [0, 0.1) is 5.92 Å². The van der Waals surface area contributed by atoms with Gasteiger partial charge >= 0.3 is 0 Å². The van der Waals surface area contributed by atoms with Crippen molar-refractivity contribution in [1.82, 2.24) is 4.90 Å². The zero-order valence-corrected chi connectivity index (χ0v) is 8.56. The first-order valence-electron chi connectivity index (χ1n) is 4.85. The third kappa shape index (κ3) is 6.36. The van der Waals surface area contributed by atoms with Gasteiger partial charge in [0.15, 0.2) is 0 Å². The molecule has 0 aromatic carbocycles. The SMILES string of the molecule is CCC[C@@H](CC)CCN(C)C. The van der Waals surface area contributed by atoms with Crippen molar-refractivity contribution in [2.45, 2.75) is 39.5 Å². The van der Waals surface area contributed by atoms with Crippen molar-refractivity contribution in [3.05, 3.63) is 0 Å². The van der Waals surface area contributed by atoms with E-state index in [4.69, 9.17) is 0 Å². The lowest BCUT2D eigenvalue weighted by molar-refractivity contribution is 0.332. The molecule has 0 radical (unpaired) electrons. The highest BCUT2D eigenvalue weighted by Crippen LogP contribution is 2.14. The predicted molar refractivity (Wildman–Crippen MR) is 51.9 cm³/mol. The monoisotopic (exact) mass is 157 g/mol. The summed E-state index contributed by atoms with van der Waals surface area (Å²) in [7, 11) is 4.30. The summed E-state index contributed by atoms with van der Waals surface area (Å²) < 4.78 is 0. The van der Waals surface area contributed by atoms with E-state index in [9.17, 15) is 0 Å². The third-order valence-electron chi connectivity index (χ3n) is 2.26. The Morgan fingerprint density at radius 2 is 1.73 bits per heavy atom. The lowest BCUT2D eigenvalue weighted by Gasteiger charge is -2.16. The number of rotatable bonds is 6. The van der Waals surface area contributed by atoms with E-state index < -0.39 is 0 Å². The molecule has 0 unspecified atom stereocenters. The fraction of sp³-hybridized carbons (Fsp3) is 1.00. The molecule has 0 rings (SSSR count). The van der Waals surface area contributed by atoms with E-state index in [1.54, 1.807) is 0 Å². The molecular weight excluding hydrogens is 134 g/mol. The number of hydrogen-bond acceptors (Lipinski definition) is 1. The normalized spacial score (nSPS) is 13.9. The zero-order valence-electron chi connectivity index (χ0n) is 8.56. The van der Waals surface area contributed by atoms with E-state index >= 15 is 0 Å². The molecule has 0 aliphatic rings. The first kappa shape index (κ1) is 11.0. The molecule has 68 valence electrons. The van der Waals surface area contributed by atoms with Crippen LogP contribution in [0.5, 0.6) is 0 Å². The Bertz CT molecular complexity index is 78.9. The Morgan fingerprint density at radius 3 is 2.09 bits per heavy atom. The Labute approximate surface area is 71.8 Å². The molecule has 0 aromatic rings. The minimum absolute atomic E-state index is 0.961. The molecule has 1 heteroatoms. The smallest absolute Gasteiger partial charge is 0.00222 e. The molecule has 0 heterocycles. The third-order valence-corrected chi connectivity index (χ3v) is 2.26. The lowest BCUT2D eigenvalue weighted by Crippen LogP contribution is -2.16. The molecule has 0 spiro atoms. The number of nitrogens with zero attached hydrogens (tertiary/aromatic N) is 1. The minimum Gasteiger partial charge on any atom is -0.309 e. The summed E-state index contributed by atoms with van der Waals surface area (Å²) in [6.07, 6.45) is 5.47. The van der Waals surface area contributed by atoms with Crippen LogP contribution in [-0.4, -0.2) is 25.5 Å². The molecule has 0 bridgehead atoms. The van der Waals surface area contributed by atoms with Crippen molar-refractivity contribution in [2.24, 2.45) is 5.92 Å². The van der Waals surface area contributed by atoms with Gasteiger partial charge in [-0.05, 0) is 33.0 Å². The molecule has 0 N–H and O–H groups in total. The maximum atomic E-state index is 2.30. The summed E-state index contributed by atoms with van der Waals surface area (Å²) >= 11 is 0. The van der Waals surface area contributed by atoms with Gasteiger partial charge in [0.25, 0.3) is 0 Å². The first-order valence-corrected chi connectivity index (χ1v) is 4.85. The van der Waals surface area contributed by atoms with E-state index in [2.05, 4.69) is 32.8 Å². The largest absolute Gasteiger partial charge is 0.309 e. The van der Waals surface area contributed by atoms with Gasteiger partial charge in [-0.3, -0.25) is 0 Å². The molecule has 0 fully saturated rings. The van der Waals surface area contributed by atoms with E-state index in [0.29, 0.717) is 0 Å². The average Bonchev–Trinajstić information content (AvgIpc) is 1.97. The second-order valence-corrected chi connectivity index (χ2v) is 3.65. The second-order valence-electron chi connectivity index (χ2n) is 3.65. The van der Waals surface area contributed by atoms with Crippen LogP contribution >= 0.6 is 0 Å². The van der Waals surface area contributed by atoms with Gasteiger partial charge in [-0.25, -0.2) is 0 Å². The quantitative estimate of drug-likeness (QED) is 0.573. The Hall–Kier alpha value is -0.0400. The Kier molecular flexibility index (Phi) is 6.63. The van der Waals surface area contributed by atoms with E-state index in [0.717, 1.165) is 5.92 Å². The molecule has 0 amide bonds. The minimum atomic E-state index is 0.961. The van der Waals surface area contributed by atoms with Gasteiger partial charge in [0, 0.05) is 0 Å². The van der Waals surface area contributed by atoms with Crippen LogP contribution in [0.1, 0.15) is 39.5 Å². The van der Waals surface area contributed by atoms with Gasteiger partial charge in [0.2, 0.25) is 0 Å². The van der Waals surface area contributed by atoms with Crippen molar-refractivity contribution in [2.75, 3.05) is 20.6 Å². The molecule has 0 aliphatic carbocycles. The van der Waals surface area contributed by atoms with Crippen LogP contribution in [-0.2, 0) is 0 Å². The molecular formula is C10H23N. The summed E-state index contributed by atoms with van der Waals surface area (Å²) in [5.41, 5.74) is 0. The van der Waals surface area contributed by atoms with Gasteiger partial charge < -0.3 is 4.90 Å². The van der Waals surface area contributed by atoms with Crippen molar-refractivity contribution in [3.8, 4) is 0 Å². The predicted octanol–water partition coefficient (Wildman–Crippen LogP) is 2.76. The fourth-order valence-electron chi connectivity index (χ4n) is 1.40. The van der Waals surface area contributed by atoms with Crippen molar-refractivity contribution < 1.29 is 0 Å². The molecule has 0 saturated carbocycles. The fourth-order valence-corrected chi connectivity index (χ4v) is 1.40. The average molecular weight is 157 g/mol. The van der Waals surface area contributed by atoms with Crippen molar-refractivity contribution >= 4 is 0 Å². The second kappa shape index (κ2) is 6.66. The standard InChI is InChI=1S/C10H23N/c1-5-7-10(6-2)8-9-11(3)4/h10H,5-9H2,1-4H3/t10-/m1/s1. The number of hydrogen-bond donors (Lipinski definition) is 0. The van der Waals surface area contributed by atoms with Crippen LogP contribution in [0.2, 0.25) is 0 Å². The van der Waals surface area contributed by atoms with E-state index in [-0.39, 0.29) is 0 Å². The lowest BCUT2D eigenvalue weighted by atomic mass is 9.97. The van der Waals surface area contributed by atoms with E-state index in [1.807, 2.05) is 0 Å². The van der Waals surface area contributed by atoms with Crippen molar-refractivity contribution in [1.29, 1.82) is 0 Å². The molecule has 0 aromatic heterocycles. The van der Waals surface area contributed by atoms with Gasteiger partial charge in [0.05, 0.1) is 0 Å². The maximum Gasteiger partial charge on any atom is -0.00222 e.